The lowest BCUT2D eigenvalue weighted by Crippen LogP contribution is -2.16. The molecule has 5 nitrogen and oxygen atoms in total. The molecule has 0 aliphatic heterocycles. The van der Waals surface area contributed by atoms with Gasteiger partial charge in [0.2, 0.25) is 0 Å². The van der Waals surface area contributed by atoms with Gasteiger partial charge in [-0.1, -0.05) is 6.07 Å². The van der Waals surface area contributed by atoms with Crippen LogP contribution in [-0.4, -0.2) is 21.0 Å². The third-order valence-electron chi connectivity index (χ3n) is 4.06. The fraction of sp³-hybridized carbons (Fsp3) is 0.438. The lowest BCUT2D eigenvalue weighted by Gasteiger charge is -2.17. The van der Waals surface area contributed by atoms with Crippen molar-refractivity contribution < 1.29 is 9.90 Å². The summed E-state index contributed by atoms with van der Waals surface area (Å²) in [5.41, 5.74) is 3.04. The summed E-state index contributed by atoms with van der Waals surface area (Å²) in [6, 6.07) is 3.99. The number of aromatic nitrogens is 2. The molecule has 0 bridgehead atoms. The highest BCUT2D eigenvalue weighted by Gasteiger charge is 2.16. The number of nitrogens with zero attached hydrogens (tertiary/aromatic N) is 1. The second-order valence-electron chi connectivity index (χ2n) is 5.56. The first-order valence-electron chi connectivity index (χ1n) is 7.40. The molecule has 0 spiro atoms. The number of hydrogen-bond acceptors (Lipinski definition) is 3. The third-order valence-corrected chi connectivity index (χ3v) is 4.06. The SMILES string of the molecule is O=C(O)CCCc1nc2ccc3c(c2c(=O)[nH]1)CCCC3. The molecule has 2 N–H and O–H groups in total. The van der Waals surface area contributed by atoms with Gasteiger partial charge in [0.25, 0.3) is 5.56 Å². The molecule has 1 aromatic carbocycles. The van der Waals surface area contributed by atoms with E-state index in [4.69, 9.17) is 5.11 Å². The third kappa shape index (κ3) is 2.82. The molecular weight excluding hydrogens is 268 g/mol. The van der Waals surface area contributed by atoms with Gasteiger partial charge in [0, 0.05) is 12.8 Å². The highest BCUT2D eigenvalue weighted by molar-refractivity contribution is 5.82. The zero-order valence-electron chi connectivity index (χ0n) is 11.8. The first-order chi connectivity index (χ1) is 10.1. The number of H-pyrrole nitrogens is 1. The van der Waals surface area contributed by atoms with E-state index in [1.807, 2.05) is 6.07 Å². The van der Waals surface area contributed by atoms with Gasteiger partial charge in [-0.15, -0.1) is 0 Å². The van der Waals surface area contributed by atoms with Crippen molar-refractivity contribution in [3.8, 4) is 0 Å². The zero-order valence-corrected chi connectivity index (χ0v) is 11.8. The Labute approximate surface area is 122 Å². The smallest absolute Gasteiger partial charge is 0.303 e. The molecule has 0 amide bonds. The number of hydrogen-bond donors (Lipinski definition) is 2. The molecule has 0 atom stereocenters. The number of rotatable bonds is 4. The molecule has 0 saturated heterocycles. The van der Waals surface area contributed by atoms with Crippen molar-refractivity contribution in [2.45, 2.75) is 44.9 Å². The Morgan fingerprint density at radius 1 is 1.29 bits per heavy atom. The van der Waals surface area contributed by atoms with Gasteiger partial charge >= 0.3 is 5.97 Å². The molecule has 21 heavy (non-hydrogen) atoms. The van der Waals surface area contributed by atoms with E-state index in [-0.39, 0.29) is 12.0 Å². The predicted octanol–water partition coefficient (Wildman–Crippen LogP) is 2.21. The van der Waals surface area contributed by atoms with Crippen LogP contribution in [-0.2, 0) is 24.1 Å². The number of aryl methyl sites for hydroxylation is 3. The molecule has 0 unspecified atom stereocenters. The molecule has 0 radical (unpaired) electrons. The molecule has 1 aliphatic carbocycles. The van der Waals surface area contributed by atoms with Crippen molar-refractivity contribution in [3.63, 3.8) is 0 Å². The molecule has 0 saturated carbocycles. The summed E-state index contributed by atoms with van der Waals surface area (Å²) in [4.78, 5) is 30.2. The van der Waals surface area contributed by atoms with Crippen molar-refractivity contribution in [2.24, 2.45) is 0 Å². The summed E-state index contributed by atoms with van der Waals surface area (Å²) < 4.78 is 0. The van der Waals surface area contributed by atoms with Crippen LogP contribution in [0.25, 0.3) is 10.9 Å². The van der Waals surface area contributed by atoms with Gasteiger partial charge in [-0.2, -0.15) is 0 Å². The molecule has 5 heteroatoms. The maximum Gasteiger partial charge on any atom is 0.303 e. The summed E-state index contributed by atoms with van der Waals surface area (Å²) in [5.74, 6) is -0.253. The van der Waals surface area contributed by atoms with Crippen LogP contribution >= 0.6 is 0 Å². The first kappa shape index (κ1) is 13.8. The Kier molecular flexibility index (Phi) is 3.73. The fourth-order valence-electron chi connectivity index (χ4n) is 3.05. The van der Waals surface area contributed by atoms with Crippen LogP contribution in [0.3, 0.4) is 0 Å². The summed E-state index contributed by atoms with van der Waals surface area (Å²) >= 11 is 0. The van der Waals surface area contributed by atoms with E-state index >= 15 is 0 Å². The fourth-order valence-corrected chi connectivity index (χ4v) is 3.05. The molecule has 2 aromatic rings. The minimum atomic E-state index is -0.827. The van der Waals surface area contributed by atoms with Gasteiger partial charge < -0.3 is 10.1 Å². The average Bonchev–Trinajstić information content (AvgIpc) is 2.46. The van der Waals surface area contributed by atoms with Gasteiger partial charge in [0.05, 0.1) is 10.9 Å². The lowest BCUT2D eigenvalue weighted by molar-refractivity contribution is -0.137. The summed E-state index contributed by atoms with van der Waals surface area (Å²) in [6.07, 6.45) is 5.32. The molecule has 1 aliphatic rings. The number of aliphatic carboxylic acids is 1. The predicted molar refractivity (Wildman–Crippen MR) is 79.6 cm³/mol. The standard InChI is InChI=1S/C16H18N2O3/c19-14(20)7-3-6-13-17-12-9-8-10-4-1-2-5-11(10)15(12)16(21)18-13/h8-9H,1-7H2,(H,19,20)(H,17,18,21). The van der Waals surface area contributed by atoms with Crippen LogP contribution in [0.1, 0.15) is 42.6 Å². The van der Waals surface area contributed by atoms with Gasteiger partial charge in [0.1, 0.15) is 5.82 Å². The van der Waals surface area contributed by atoms with Gasteiger partial charge in [-0.3, -0.25) is 9.59 Å². The second kappa shape index (κ2) is 5.68. The number of carbonyl (C=O) groups is 1. The van der Waals surface area contributed by atoms with Crippen molar-refractivity contribution in [1.29, 1.82) is 0 Å². The van der Waals surface area contributed by atoms with Crippen LogP contribution in [0, 0.1) is 0 Å². The number of benzene rings is 1. The summed E-state index contributed by atoms with van der Waals surface area (Å²) in [6.45, 7) is 0. The largest absolute Gasteiger partial charge is 0.481 e. The topological polar surface area (TPSA) is 83.0 Å². The van der Waals surface area contributed by atoms with Crippen LogP contribution in [0.4, 0.5) is 0 Å². The van der Waals surface area contributed by atoms with Crippen molar-refractivity contribution in [2.75, 3.05) is 0 Å². The van der Waals surface area contributed by atoms with Crippen LogP contribution < -0.4 is 5.56 Å². The highest BCUT2D eigenvalue weighted by atomic mass is 16.4. The van der Waals surface area contributed by atoms with Gasteiger partial charge in [-0.05, 0) is 49.3 Å². The summed E-state index contributed by atoms with van der Waals surface area (Å²) in [7, 11) is 0. The Morgan fingerprint density at radius 3 is 2.90 bits per heavy atom. The second-order valence-corrected chi connectivity index (χ2v) is 5.56. The van der Waals surface area contributed by atoms with E-state index in [2.05, 4.69) is 16.0 Å². The van der Waals surface area contributed by atoms with Crippen molar-refractivity contribution in [3.05, 3.63) is 39.4 Å². The lowest BCUT2D eigenvalue weighted by atomic mass is 9.89. The van der Waals surface area contributed by atoms with E-state index in [0.717, 1.165) is 30.3 Å². The zero-order chi connectivity index (χ0) is 14.8. The van der Waals surface area contributed by atoms with E-state index in [1.165, 1.54) is 12.0 Å². The number of fused-ring (bicyclic) bond motifs is 3. The highest BCUT2D eigenvalue weighted by Crippen LogP contribution is 2.26. The Bertz CT molecular complexity index is 749. The molecule has 110 valence electrons. The summed E-state index contributed by atoms with van der Waals surface area (Å²) in [5, 5.41) is 9.37. The van der Waals surface area contributed by atoms with E-state index in [9.17, 15) is 9.59 Å². The van der Waals surface area contributed by atoms with E-state index in [1.54, 1.807) is 0 Å². The number of aromatic amines is 1. The minimum Gasteiger partial charge on any atom is -0.481 e. The average molecular weight is 286 g/mol. The quantitative estimate of drug-likeness (QED) is 0.902. The van der Waals surface area contributed by atoms with Crippen LogP contribution in [0.15, 0.2) is 16.9 Å². The molecule has 0 fully saturated rings. The molecule has 1 aromatic heterocycles. The van der Waals surface area contributed by atoms with E-state index in [0.29, 0.717) is 24.1 Å². The molecule has 3 rings (SSSR count). The normalized spacial score (nSPS) is 14.1. The van der Waals surface area contributed by atoms with Gasteiger partial charge in [0.15, 0.2) is 0 Å². The molecular formula is C16H18N2O3. The number of nitrogens with one attached hydrogen (secondary N) is 1. The first-order valence-corrected chi connectivity index (χ1v) is 7.40. The minimum absolute atomic E-state index is 0.0892. The van der Waals surface area contributed by atoms with E-state index < -0.39 is 5.97 Å². The van der Waals surface area contributed by atoms with Gasteiger partial charge in [-0.25, -0.2) is 4.98 Å². The maximum absolute atomic E-state index is 12.4. The van der Waals surface area contributed by atoms with Crippen molar-refractivity contribution >= 4 is 16.9 Å². The number of carboxylic acid groups (broad SMARTS) is 1. The Morgan fingerprint density at radius 2 is 2.10 bits per heavy atom. The Hall–Kier alpha value is -2.17. The van der Waals surface area contributed by atoms with Crippen LogP contribution in [0.5, 0.6) is 0 Å². The monoisotopic (exact) mass is 286 g/mol. The van der Waals surface area contributed by atoms with Crippen LogP contribution in [0.2, 0.25) is 0 Å². The number of carboxylic acids is 1. The Balaban J connectivity index is 1.97. The molecule has 1 heterocycles. The van der Waals surface area contributed by atoms with Crippen molar-refractivity contribution in [1.82, 2.24) is 9.97 Å². The maximum atomic E-state index is 12.4.